The zero-order chi connectivity index (χ0) is 19.6. The Hall–Kier alpha value is -2.17. The van der Waals surface area contributed by atoms with Crippen LogP contribution in [0.25, 0.3) is 11.1 Å². The molecule has 152 valence electrons. The maximum Gasteiger partial charge on any atom is 0.253 e. The van der Waals surface area contributed by atoms with Gasteiger partial charge in [0.05, 0.1) is 0 Å². The fourth-order valence-corrected chi connectivity index (χ4v) is 4.78. The first-order chi connectivity index (χ1) is 14.3. The summed E-state index contributed by atoms with van der Waals surface area (Å²) in [5.74, 6) is 0.169. The molecular formula is C25H31N3O. The Balaban J connectivity index is 1.23. The summed E-state index contributed by atoms with van der Waals surface area (Å²) in [4.78, 5) is 19.5. The molecule has 2 fully saturated rings. The van der Waals surface area contributed by atoms with E-state index in [2.05, 4.69) is 40.1 Å². The molecule has 3 aliphatic heterocycles. The third kappa shape index (κ3) is 4.10. The molecule has 0 aromatic heterocycles. The average molecular weight is 390 g/mol. The highest BCUT2D eigenvalue weighted by atomic mass is 16.2. The highest BCUT2D eigenvalue weighted by Crippen LogP contribution is 2.27. The summed E-state index contributed by atoms with van der Waals surface area (Å²) in [6.45, 7) is 9.03. The van der Waals surface area contributed by atoms with Crippen molar-refractivity contribution in [2.24, 2.45) is 0 Å². The molecule has 3 aliphatic rings. The summed E-state index contributed by atoms with van der Waals surface area (Å²) < 4.78 is 0. The minimum absolute atomic E-state index is 0.169. The zero-order valence-electron chi connectivity index (χ0n) is 17.3. The number of hydrogen-bond acceptors (Lipinski definition) is 3. The van der Waals surface area contributed by atoms with Crippen molar-refractivity contribution in [2.75, 3.05) is 45.8 Å². The van der Waals surface area contributed by atoms with Crippen LogP contribution in [0.4, 0.5) is 0 Å². The van der Waals surface area contributed by atoms with Gasteiger partial charge in [0.25, 0.3) is 5.91 Å². The van der Waals surface area contributed by atoms with E-state index < -0.39 is 0 Å². The molecule has 0 unspecified atom stereocenters. The van der Waals surface area contributed by atoms with Crippen molar-refractivity contribution in [3.05, 3.63) is 59.2 Å². The number of carbonyl (C=O) groups is 1. The molecule has 3 heterocycles. The molecule has 0 saturated carbocycles. The largest absolute Gasteiger partial charge is 0.339 e. The van der Waals surface area contributed by atoms with E-state index in [1.807, 2.05) is 17.0 Å². The van der Waals surface area contributed by atoms with Crippen LogP contribution in [0.2, 0.25) is 0 Å². The standard InChI is InChI=1S/C25H31N3O/c29-25(28-13-3-14-28)21-6-4-20(5-7-21)22-8-9-24-19-27(15-10-23(24)18-22)17-16-26-11-1-2-12-26/h4-9,18H,1-3,10-17,19H2. The predicted molar refractivity (Wildman–Crippen MR) is 117 cm³/mol. The highest BCUT2D eigenvalue weighted by molar-refractivity contribution is 5.95. The normalized spacial score (nSPS) is 19.8. The Kier molecular flexibility index (Phi) is 5.38. The molecule has 0 atom stereocenters. The van der Waals surface area contributed by atoms with Crippen molar-refractivity contribution in [1.82, 2.24) is 14.7 Å². The molecule has 1 amide bonds. The third-order valence-corrected chi connectivity index (χ3v) is 6.84. The van der Waals surface area contributed by atoms with Crippen LogP contribution < -0.4 is 0 Å². The van der Waals surface area contributed by atoms with Gasteiger partial charge in [0.2, 0.25) is 0 Å². The SMILES string of the molecule is O=C(c1ccc(-c2ccc3c(c2)CCN(CCN2CCCC2)C3)cc1)N1CCC1. The van der Waals surface area contributed by atoms with E-state index in [-0.39, 0.29) is 5.91 Å². The van der Waals surface area contributed by atoms with Crippen LogP contribution in [0.5, 0.6) is 0 Å². The van der Waals surface area contributed by atoms with Gasteiger partial charge in [-0.3, -0.25) is 9.69 Å². The average Bonchev–Trinajstić information content (AvgIpc) is 3.24. The molecular weight excluding hydrogens is 358 g/mol. The van der Waals surface area contributed by atoms with Crippen LogP contribution in [-0.4, -0.2) is 66.4 Å². The van der Waals surface area contributed by atoms with E-state index in [0.717, 1.165) is 44.6 Å². The van der Waals surface area contributed by atoms with Crippen molar-refractivity contribution < 1.29 is 4.79 Å². The molecule has 0 radical (unpaired) electrons. The molecule has 2 saturated heterocycles. The van der Waals surface area contributed by atoms with Crippen LogP contribution in [0.1, 0.15) is 40.7 Å². The number of amides is 1. The number of benzene rings is 2. The maximum atomic E-state index is 12.4. The highest BCUT2D eigenvalue weighted by Gasteiger charge is 2.22. The van der Waals surface area contributed by atoms with Crippen molar-refractivity contribution in [3.63, 3.8) is 0 Å². The molecule has 2 aromatic carbocycles. The van der Waals surface area contributed by atoms with Gasteiger partial charge in [0.15, 0.2) is 0 Å². The van der Waals surface area contributed by atoms with E-state index in [0.29, 0.717) is 0 Å². The molecule has 29 heavy (non-hydrogen) atoms. The number of nitrogens with zero attached hydrogens (tertiary/aromatic N) is 3. The lowest BCUT2D eigenvalue weighted by molar-refractivity contribution is 0.0652. The lowest BCUT2D eigenvalue weighted by atomic mass is 9.94. The first-order valence-electron chi connectivity index (χ1n) is 11.2. The molecule has 0 spiro atoms. The van der Waals surface area contributed by atoms with Crippen LogP contribution in [0, 0.1) is 0 Å². The molecule has 5 rings (SSSR count). The monoisotopic (exact) mass is 389 g/mol. The molecule has 2 aromatic rings. The minimum Gasteiger partial charge on any atom is -0.339 e. The van der Waals surface area contributed by atoms with Gasteiger partial charge in [-0.25, -0.2) is 0 Å². The summed E-state index contributed by atoms with van der Waals surface area (Å²) in [5.41, 5.74) is 6.23. The van der Waals surface area contributed by atoms with Crippen LogP contribution in [-0.2, 0) is 13.0 Å². The van der Waals surface area contributed by atoms with Crippen LogP contribution in [0.15, 0.2) is 42.5 Å². The van der Waals surface area contributed by atoms with E-state index in [4.69, 9.17) is 0 Å². The Bertz CT molecular complexity index is 866. The Morgan fingerprint density at radius 2 is 1.45 bits per heavy atom. The second kappa shape index (κ2) is 8.29. The number of carbonyl (C=O) groups excluding carboxylic acids is 1. The first-order valence-corrected chi connectivity index (χ1v) is 11.2. The summed E-state index contributed by atoms with van der Waals surface area (Å²) in [7, 11) is 0. The smallest absolute Gasteiger partial charge is 0.253 e. The van der Waals surface area contributed by atoms with Crippen molar-refractivity contribution in [3.8, 4) is 11.1 Å². The second-order valence-corrected chi connectivity index (χ2v) is 8.78. The molecule has 4 heteroatoms. The summed E-state index contributed by atoms with van der Waals surface area (Å²) in [6, 6.07) is 15.1. The van der Waals surface area contributed by atoms with Crippen LogP contribution in [0.3, 0.4) is 0 Å². The lowest BCUT2D eigenvalue weighted by Crippen LogP contribution is -2.41. The maximum absolute atomic E-state index is 12.4. The minimum atomic E-state index is 0.169. The van der Waals surface area contributed by atoms with Gasteiger partial charge in [-0.2, -0.15) is 0 Å². The van der Waals surface area contributed by atoms with Crippen molar-refractivity contribution >= 4 is 5.91 Å². The number of fused-ring (bicyclic) bond motifs is 1. The Labute approximate surface area is 174 Å². The number of rotatable bonds is 5. The van der Waals surface area contributed by atoms with Crippen molar-refractivity contribution in [1.29, 1.82) is 0 Å². The van der Waals surface area contributed by atoms with Gasteiger partial charge in [0, 0.05) is 44.8 Å². The Morgan fingerprint density at radius 1 is 0.724 bits per heavy atom. The van der Waals surface area contributed by atoms with Gasteiger partial charge < -0.3 is 9.80 Å². The topological polar surface area (TPSA) is 26.8 Å². The van der Waals surface area contributed by atoms with Gasteiger partial charge in [-0.1, -0.05) is 30.3 Å². The van der Waals surface area contributed by atoms with Gasteiger partial charge in [-0.15, -0.1) is 0 Å². The number of hydrogen-bond donors (Lipinski definition) is 0. The van der Waals surface area contributed by atoms with Gasteiger partial charge in [0.1, 0.15) is 0 Å². The van der Waals surface area contributed by atoms with E-state index in [1.165, 1.54) is 61.3 Å². The fourth-order valence-electron chi connectivity index (χ4n) is 4.78. The van der Waals surface area contributed by atoms with E-state index in [9.17, 15) is 4.79 Å². The predicted octanol–water partition coefficient (Wildman–Crippen LogP) is 3.65. The molecule has 0 aliphatic carbocycles. The van der Waals surface area contributed by atoms with E-state index in [1.54, 1.807) is 0 Å². The van der Waals surface area contributed by atoms with Crippen LogP contribution >= 0.6 is 0 Å². The summed E-state index contributed by atoms with van der Waals surface area (Å²) >= 11 is 0. The first kappa shape index (κ1) is 18.8. The molecule has 0 N–H and O–H groups in total. The van der Waals surface area contributed by atoms with Gasteiger partial charge >= 0.3 is 0 Å². The third-order valence-electron chi connectivity index (χ3n) is 6.84. The van der Waals surface area contributed by atoms with Gasteiger partial charge in [-0.05, 0) is 73.2 Å². The quantitative estimate of drug-likeness (QED) is 0.781. The summed E-state index contributed by atoms with van der Waals surface area (Å²) in [6.07, 6.45) is 5.02. The fraction of sp³-hybridized carbons (Fsp3) is 0.480. The van der Waals surface area contributed by atoms with E-state index >= 15 is 0 Å². The summed E-state index contributed by atoms with van der Waals surface area (Å²) in [5, 5.41) is 0. The lowest BCUT2D eigenvalue weighted by Gasteiger charge is -2.31. The second-order valence-electron chi connectivity index (χ2n) is 8.78. The zero-order valence-corrected chi connectivity index (χ0v) is 17.3. The number of likely N-dealkylation sites (tertiary alicyclic amines) is 2. The molecule has 0 bridgehead atoms. The van der Waals surface area contributed by atoms with Crippen molar-refractivity contribution in [2.45, 2.75) is 32.2 Å². The molecule has 4 nitrogen and oxygen atoms in total. The Morgan fingerprint density at radius 3 is 2.17 bits per heavy atom.